The predicted molar refractivity (Wildman–Crippen MR) is 106 cm³/mol. The van der Waals surface area contributed by atoms with Gasteiger partial charge in [0.25, 0.3) is 11.8 Å². The normalized spacial score (nSPS) is 14.0. The molecule has 1 aliphatic rings. The van der Waals surface area contributed by atoms with Crippen LogP contribution in [-0.2, 0) is 4.79 Å². The summed E-state index contributed by atoms with van der Waals surface area (Å²) in [6, 6.07) is 14.9. The Labute approximate surface area is 161 Å². The maximum atomic E-state index is 12.1. The van der Waals surface area contributed by atoms with Crippen molar-refractivity contribution in [2.24, 2.45) is 0 Å². The Hall–Kier alpha value is -2.12. The van der Waals surface area contributed by atoms with Crippen molar-refractivity contribution in [3.63, 3.8) is 0 Å². The first-order chi connectivity index (χ1) is 12.6. The topological polar surface area (TPSA) is 67.4 Å². The Kier molecular flexibility index (Phi) is 6.46. The molecule has 2 amide bonds. The first kappa shape index (κ1) is 18.7. The number of carbonyl (C=O) groups excluding carboxylic acids is 2. The van der Waals surface area contributed by atoms with E-state index in [-0.39, 0.29) is 12.5 Å². The minimum atomic E-state index is -0.419. The van der Waals surface area contributed by atoms with Gasteiger partial charge in [0.1, 0.15) is 5.75 Å². The summed E-state index contributed by atoms with van der Waals surface area (Å²) >= 11 is 3.84. The van der Waals surface area contributed by atoms with Crippen LogP contribution >= 0.6 is 23.5 Å². The highest BCUT2D eigenvalue weighted by Gasteiger charge is 2.18. The van der Waals surface area contributed by atoms with Crippen molar-refractivity contribution < 1.29 is 14.3 Å². The van der Waals surface area contributed by atoms with E-state index in [0.717, 1.165) is 17.1 Å². The Morgan fingerprint density at radius 1 is 1.04 bits per heavy atom. The van der Waals surface area contributed by atoms with Crippen molar-refractivity contribution in [2.75, 3.05) is 18.1 Å². The average Bonchev–Trinajstić information content (AvgIpc) is 3.20. The van der Waals surface area contributed by atoms with E-state index >= 15 is 0 Å². The smallest absolute Gasteiger partial charge is 0.276 e. The second-order valence-corrected chi connectivity index (χ2v) is 8.48. The lowest BCUT2D eigenvalue weighted by Crippen LogP contribution is -2.43. The van der Waals surface area contributed by atoms with Crippen LogP contribution in [0.4, 0.5) is 0 Å². The summed E-state index contributed by atoms with van der Waals surface area (Å²) in [5, 5.41) is 0. The van der Waals surface area contributed by atoms with Gasteiger partial charge in [0, 0.05) is 17.1 Å². The first-order valence-electron chi connectivity index (χ1n) is 8.24. The van der Waals surface area contributed by atoms with Crippen LogP contribution in [0, 0.1) is 6.92 Å². The van der Waals surface area contributed by atoms with Crippen LogP contribution in [-0.4, -0.2) is 29.9 Å². The number of aryl methyl sites for hydroxylation is 1. The van der Waals surface area contributed by atoms with E-state index in [1.54, 1.807) is 18.2 Å². The third kappa shape index (κ3) is 4.95. The molecule has 1 fully saturated rings. The van der Waals surface area contributed by atoms with Crippen LogP contribution in [0.5, 0.6) is 5.75 Å². The van der Waals surface area contributed by atoms with E-state index in [1.165, 1.54) is 5.56 Å². The summed E-state index contributed by atoms with van der Waals surface area (Å²) in [5.74, 6) is 2.19. The third-order valence-corrected chi connectivity index (χ3v) is 6.94. The second kappa shape index (κ2) is 9.00. The van der Waals surface area contributed by atoms with Gasteiger partial charge in [-0.1, -0.05) is 30.3 Å². The van der Waals surface area contributed by atoms with Gasteiger partial charge in [-0.2, -0.15) is 0 Å². The minimum Gasteiger partial charge on any atom is -0.483 e. The van der Waals surface area contributed by atoms with E-state index in [0.29, 0.717) is 15.9 Å². The number of hydrogen-bond donors (Lipinski definition) is 2. The van der Waals surface area contributed by atoms with E-state index in [4.69, 9.17) is 4.74 Å². The van der Waals surface area contributed by atoms with Gasteiger partial charge in [-0.15, -0.1) is 23.5 Å². The highest BCUT2D eigenvalue weighted by Crippen LogP contribution is 2.45. The van der Waals surface area contributed by atoms with Crippen molar-refractivity contribution >= 4 is 35.3 Å². The van der Waals surface area contributed by atoms with Gasteiger partial charge < -0.3 is 4.74 Å². The molecule has 0 spiro atoms. The number of thioether (sulfide) groups is 2. The van der Waals surface area contributed by atoms with Crippen LogP contribution in [0.15, 0.2) is 48.5 Å². The number of carbonyl (C=O) groups is 2. The third-order valence-electron chi connectivity index (χ3n) is 3.83. The molecule has 0 aromatic heterocycles. The molecule has 2 aromatic rings. The molecule has 0 unspecified atom stereocenters. The van der Waals surface area contributed by atoms with Crippen LogP contribution < -0.4 is 15.6 Å². The number of nitrogens with one attached hydrogen (secondary N) is 2. The Bertz CT molecular complexity index is 775. The Balaban J connectivity index is 1.45. The SMILES string of the molecule is Cc1ccccc1OCC(=O)NNC(=O)c1ccc(C2SCCS2)cc1. The quantitative estimate of drug-likeness (QED) is 0.769. The maximum absolute atomic E-state index is 12.1. The monoisotopic (exact) mass is 388 g/mol. The summed E-state index contributed by atoms with van der Waals surface area (Å²) < 4.78 is 5.89. The number of amides is 2. The molecule has 5 nitrogen and oxygen atoms in total. The molecule has 7 heteroatoms. The van der Waals surface area contributed by atoms with Crippen molar-refractivity contribution in [1.82, 2.24) is 10.9 Å². The van der Waals surface area contributed by atoms with Crippen LogP contribution in [0.3, 0.4) is 0 Å². The first-order valence-corrected chi connectivity index (χ1v) is 10.3. The van der Waals surface area contributed by atoms with Gasteiger partial charge in [0.15, 0.2) is 6.61 Å². The largest absolute Gasteiger partial charge is 0.483 e. The zero-order chi connectivity index (χ0) is 18.4. The number of ether oxygens (including phenoxy) is 1. The van der Waals surface area contributed by atoms with Gasteiger partial charge in [-0.05, 0) is 36.2 Å². The van der Waals surface area contributed by atoms with Crippen LogP contribution in [0.2, 0.25) is 0 Å². The van der Waals surface area contributed by atoms with Crippen molar-refractivity contribution in [2.45, 2.75) is 11.5 Å². The lowest BCUT2D eigenvalue weighted by atomic mass is 10.1. The summed E-state index contributed by atoms with van der Waals surface area (Å²) in [4.78, 5) is 24.0. The van der Waals surface area contributed by atoms with Gasteiger partial charge in [0.05, 0.1) is 4.58 Å². The molecule has 0 radical (unpaired) electrons. The fraction of sp³-hybridized carbons (Fsp3) is 0.263. The maximum Gasteiger partial charge on any atom is 0.276 e. The van der Waals surface area contributed by atoms with Crippen molar-refractivity contribution in [1.29, 1.82) is 0 Å². The van der Waals surface area contributed by atoms with Crippen molar-refractivity contribution in [3.8, 4) is 5.75 Å². The Morgan fingerprint density at radius 3 is 2.42 bits per heavy atom. The van der Waals surface area contributed by atoms with Gasteiger partial charge >= 0.3 is 0 Å². The lowest BCUT2D eigenvalue weighted by Gasteiger charge is -2.11. The highest BCUT2D eigenvalue weighted by molar-refractivity contribution is 8.19. The molecule has 0 aliphatic carbocycles. The molecular formula is C19H20N2O3S2. The molecule has 26 heavy (non-hydrogen) atoms. The summed E-state index contributed by atoms with van der Waals surface area (Å²) in [6.45, 7) is 1.74. The van der Waals surface area contributed by atoms with Crippen LogP contribution in [0.1, 0.15) is 26.1 Å². The van der Waals surface area contributed by atoms with E-state index in [1.807, 2.05) is 60.8 Å². The lowest BCUT2D eigenvalue weighted by molar-refractivity contribution is -0.123. The minimum absolute atomic E-state index is 0.166. The highest BCUT2D eigenvalue weighted by atomic mass is 32.2. The number of hydrogen-bond acceptors (Lipinski definition) is 5. The molecule has 1 heterocycles. The molecule has 3 rings (SSSR count). The molecule has 0 saturated carbocycles. The molecular weight excluding hydrogens is 368 g/mol. The van der Waals surface area contributed by atoms with Gasteiger partial charge in [0.2, 0.25) is 0 Å². The van der Waals surface area contributed by atoms with E-state index < -0.39 is 5.91 Å². The van der Waals surface area contributed by atoms with Gasteiger partial charge in [-0.3, -0.25) is 20.4 Å². The number of para-hydroxylation sites is 1. The molecule has 1 aliphatic heterocycles. The molecule has 0 bridgehead atoms. The van der Waals surface area contributed by atoms with E-state index in [9.17, 15) is 9.59 Å². The van der Waals surface area contributed by atoms with E-state index in [2.05, 4.69) is 10.9 Å². The Morgan fingerprint density at radius 2 is 1.73 bits per heavy atom. The molecule has 2 N–H and O–H groups in total. The average molecular weight is 389 g/mol. The van der Waals surface area contributed by atoms with Gasteiger partial charge in [-0.25, -0.2) is 0 Å². The second-order valence-electron chi connectivity index (χ2n) is 5.75. The number of rotatable bonds is 5. The summed E-state index contributed by atoms with van der Waals surface area (Å²) in [5.41, 5.74) is 7.44. The standard InChI is InChI=1S/C19H20N2O3S2/c1-13-4-2-3-5-16(13)24-12-17(22)20-21-18(23)14-6-8-15(9-7-14)19-25-10-11-26-19/h2-9,19H,10-12H2,1H3,(H,20,22)(H,21,23). The number of hydrazine groups is 1. The number of benzene rings is 2. The molecule has 2 aromatic carbocycles. The van der Waals surface area contributed by atoms with Crippen molar-refractivity contribution in [3.05, 3.63) is 65.2 Å². The summed E-state index contributed by atoms with van der Waals surface area (Å²) in [6.07, 6.45) is 0. The zero-order valence-corrected chi connectivity index (χ0v) is 16.0. The van der Waals surface area contributed by atoms with Crippen LogP contribution in [0.25, 0.3) is 0 Å². The molecule has 0 atom stereocenters. The molecule has 136 valence electrons. The predicted octanol–water partition coefficient (Wildman–Crippen LogP) is 3.31. The zero-order valence-electron chi connectivity index (χ0n) is 14.4. The molecule has 1 saturated heterocycles. The summed E-state index contributed by atoms with van der Waals surface area (Å²) in [7, 11) is 0. The fourth-order valence-corrected chi connectivity index (χ4v) is 5.30. The fourth-order valence-electron chi connectivity index (χ4n) is 2.44.